The molecule has 0 unspecified atom stereocenters. The van der Waals surface area contributed by atoms with Crippen LogP contribution in [0.4, 0.5) is 5.69 Å². The van der Waals surface area contributed by atoms with Gasteiger partial charge in [-0.05, 0) is 46.7 Å². The van der Waals surface area contributed by atoms with Crippen molar-refractivity contribution in [3.8, 4) is 11.1 Å². The molecule has 2 heterocycles. The van der Waals surface area contributed by atoms with Gasteiger partial charge in [-0.3, -0.25) is 0 Å². The van der Waals surface area contributed by atoms with Gasteiger partial charge in [0, 0.05) is 34.1 Å². The Morgan fingerprint density at radius 1 is 0.885 bits per heavy atom. The summed E-state index contributed by atoms with van der Waals surface area (Å²) >= 11 is 0. The minimum Gasteiger partial charge on any atom is -0.355 e. The molecule has 1 aliphatic carbocycles. The first-order chi connectivity index (χ1) is 13.3. The van der Waals surface area contributed by atoms with E-state index in [1.165, 1.54) is 32.9 Å². The van der Waals surface area contributed by atoms with Gasteiger partial charge >= 0.3 is 0 Å². The minimum absolute atomic E-state index is 0.843. The SMILES string of the molecule is [2H]n1c2c(c3ccccc31)CC(=c1ccc3c(c1)-c1ccccc1N=3)C=C2. The number of nitrogens with zero attached hydrogens (tertiary/aromatic N) is 1. The lowest BCUT2D eigenvalue weighted by molar-refractivity contribution is 1.25. The molecular weight excluding hydrogens is 316 g/mol. The van der Waals surface area contributed by atoms with Crippen LogP contribution in [-0.2, 0) is 6.42 Å². The molecule has 2 aliphatic rings. The first kappa shape index (κ1) is 12.9. The molecule has 2 nitrogen and oxygen atoms in total. The molecule has 0 bridgehead atoms. The van der Waals surface area contributed by atoms with Crippen molar-refractivity contribution in [1.29, 1.82) is 0 Å². The van der Waals surface area contributed by atoms with Gasteiger partial charge in [0.1, 0.15) is 0 Å². The van der Waals surface area contributed by atoms with E-state index >= 15 is 0 Å². The molecule has 26 heavy (non-hydrogen) atoms. The van der Waals surface area contributed by atoms with Crippen LogP contribution in [-0.4, -0.2) is 4.98 Å². The first-order valence-electron chi connectivity index (χ1n) is 9.35. The first-order valence-corrected chi connectivity index (χ1v) is 8.90. The van der Waals surface area contributed by atoms with Gasteiger partial charge in [0.25, 0.3) is 0 Å². The Balaban J connectivity index is 1.56. The zero-order valence-electron chi connectivity index (χ0n) is 15.1. The van der Waals surface area contributed by atoms with Crippen molar-refractivity contribution in [2.24, 2.45) is 4.99 Å². The lowest BCUT2D eigenvalue weighted by Gasteiger charge is -2.10. The van der Waals surface area contributed by atoms with Crippen LogP contribution in [0.5, 0.6) is 0 Å². The summed E-state index contributed by atoms with van der Waals surface area (Å²) in [6.45, 7) is 0. The van der Waals surface area contributed by atoms with Crippen molar-refractivity contribution >= 4 is 28.2 Å². The van der Waals surface area contributed by atoms with Gasteiger partial charge in [0.05, 0.1) is 11.0 Å². The Kier molecular flexibility index (Phi) is 2.51. The summed E-state index contributed by atoms with van der Waals surface area (Å²) in [7, 11) is 0. The van der Waals surface area contributed by atoms with Crippen LogP contribution >= 0.6 is 0 Å². The summed E-state index contributed by atoms with van der Waals surface area (Å²) in [6, 6.07) is 23.0. The van der Waals surface area contributed by atoms with Gasteiger partial charge in [0.2, 0.25) is 0 Å². The molecule has 0 atom stereocenters. The van der Waals surface area contributed by atoms with Gasteiger partial charge in [-0.1, -0.05) is 48.5 Å². The fourth-order valence-corrected chi connectivity index (χ4v) is 4.09. The molecule has 6 rings (SSSR count). The van der Waals surface area contributed by atoms with Crippen molar-refractivity contribution in [2.75, 3.05) is 0 Å². The second kappa shape index (κ2) is 5.06. The normalized spacial score (nSPS) is 16.7. The van der Waals surface area contributed by atoms with Gasteiger partial charge in [-0.25, -0.2) is 4.99 Å². The van der Waals surface area contributed by atoms with Crippen molar-refractivity contribution in [3.05, 3.63) is 94.6 Å². The maximum atomic E-state index is 8.39. The van der Waals surface area contributed by atoms with Crippen LogP contribution in [0, 0.1) is 0 Å². The van der Waals surface area contributed by atoms with E-state index in [0.717, 1.165) is 28.7 Å². The second-order valence-electron chi connectivity index (χ2n) is 6.89. The van der Waals surface area contributed by atoms with Crippen LogP contribution in [0.2, 0.25) is 1.41 Å². The number of hydrogen-bond acceptors (Lipinski definition) is 1. The largest absolute Gasteiger partial charge is 0.355 e. The number of hydrogen-bond donors (Lipinski definition) is 1. The summed E-state index contributed by atoms with van der Waals surface area (Å²) < 4.78 is 8.39. The Labute approximate surface area is 152 Å². The summed E-state index contributed by atoms with van der Waals surface area (Å²) in [6.07, 6.45) is 5.08. The number of nitrogens with one attached hydrogen (secondary N) is 1. The van der Waals surface area contributed by atoms with Gasteiger partial charge in [-0.15, -0.1) is 0 Å². The van der Waals surface area contributed by atoms with E-state index in [9.17, 15) is 0 Å². The fraction of sp³-hybridized carbons (Fsp3) is 0.0417. The summed E-state index contributed by atoms with van der Waals surface area (Å²) in [5.41, 5.74) is 7.94. The highest BCUT2D eigenvalue weighted by molar-refractivity contribution is 5.91. The quantitative estimate of drug-likeness (QED) is 0.432. The van der Waals surface area contributed by atoms with E-state index in [1.54, 1.807) is 4.98 Å². The zero-order chi connectivity index (χ0) is 18.0. The van der Waals surface area contributed by atoms with Crippen LogP contribution in [0.3, 0.4) is 0 Å². The highest BCUT2D eigenvalue weighted by Crippen LogP contribution is 2.32. The van der Waals surface area contributed by atoms with Crippen molar-refractivity contribution in [2.45, 2.75) is 6.42 Å². The third-order valence-corrected chi connectivity index (χ3v) is 5.39. The number of rotatable bonds is 0. The Morgan fingerprint density at radius 3 is 2.77 bits per heavy atom. The van der Waals surface area contributed by atoms with Crippen LogP contribution in [0.1, 0.15) is 11.3 Å². The highest BCUT2D eigenvalue weighted by Gasteiger charge is 2.16. The molecule has 2 heteroatoms. The van der Waals surface area contributed by atoms with E-state index in [4.69, 9.17) is 6.40 Å². The average Bonchev–Trinajstić information content (AvgIpc) is 3.23. The number of aromatic amines is 1. The van der Waals surface area contributed by atoms with Gasteiger partial charge in [-0.2, -0.15) is 0 Å². The monoisotopic (exact) mass is 333 g/mol. The molecule has 1 aromatic heterocycles. The molecular formula is C24H16N2. The highest BCUT2D eigenvalue weighted by atomic mass is 14.8. The van der Waals surface area contributed by atoms with E-state index in [-0.39, 0.29) is 0 Å². The standard InChI is InChI=1S/C24H16N2/c1-3-7-21-17(5-1)19-13-15(9-11-23(19)25-21)16-10-12-24-20(14-16)18-6-2-4-8-22(18)26-24/h1-13,26H,14H2/i/hD. The molecule has 4 aromatic rings. The smallest absolute Gasteiger partial charge is 0.167 e. The summed E-state index contributed by atoms with van der Waals surface area (Å²) in [5.74, 6) is 0. The third-order valence-electron chi connectivity index (χ3n) is 5.39. The molecule has 0 radical (unpaired) electrons. The Hall–Kier alpha value is -3.39. The van der Waals surface area contributed by atoms with Crippen LogP contribution in [0.25, 0.3) is 33.7 Å². The number of fused-ring (bicyclic) bond motifs is 6. The number of H-pyrrole nitrogens is 1. The molecule has 0 spiro atoms. The molecule has 3 aromatic carbocycles. The van der Waals surface area contributed by atoms with E-state index < -0.39 is 0 Å². The van der Waals surface area contributed by atoms with Crippen molar-refractivity contribution < 1.29 is 1.41 Å². The minimum atomic E-state index is 0.843. The number of benzene rings is 3. The van der Waals surface area contributed by atoms with Gasteiger partial charge < -0.3 is 4.98 Å². The van der Waals surface area contributed by atoms with Crippen molar-refractivity contribution in [1.82, 2.24) is 4.98 Å². The Bertz CT molecular complexity index is 1410. The van der Waals surface area contributed by atoms with E-state index in [1.807, 2.05) is 18.2 Å². The van der Waals surface area contributed by atoms with Crippen molar-refractivity contribution in [3.63, 3.8) is 0 Å². The number of aromatic nitrogens is 1. The summed E-state index contributed by atoms with van der Waals surface area (Å²) in [5, 5.41) is 3.44. The third kappa shape index (κ3) is 1.90. The number of allylic oxidation sites excluding steroid dienone is 1. The predicted molar refractivity (Wildman–Crippen MR) is 107 cm³/mol. The molecule has 0 amide bonds. The lowest BCUT2D eigenvalue weighted by atomic mass is 9.94. The van der Waals surface area contributed by atoms with Gasteiger partial charge in [0.15, 0.2) is 1.41 Å². The molecule has 1 N–H and O–H groups in total. The molecule has 0 fully saturated rings. The Morgan fingerprint density at radius 2 is 1.77 bits per heavy atom. The molecule has 1 aliphatic heterocycles. The molecule has 0 saturated heterocycles. The van der Waals surface area contributed by atoms with Crippen LogP contribution in [0.15, 0.2) is 77.8 Å². The maximum absolute atomic E-state index is 8.39. The predicted octanol–water partition coefficient (Wildman–Crippen LogP) is 4.52. The topological polar surface area (TPSA) is 28.1 Å². The average molecular weight is 333 g/mol. The second-order valence-corrected chi connectivity index (χ2v) is 6.89. The summed E-state index contributed by atoms with van der Waals surface area (Å²) in [4.78, 5) is 6.28. The maximum Gasteiger partial charge on any atom is 0.167 e. The lowest BCUT2D eigenvalue weighted by Crippen LogP contribution is -2.13. The van der Waals surface area contributed by atoms with E-state index in [2.05, 4.69) is 60.7 Å². The van der Waals surface area contributed by atoms with Crippen LogP contribution < -0.4 is 10.6 Å². The molecule has 0 saturated carbocycles. The number of para-hydroxylation sites is 2. The molecule has 122 valence electrons. The van der Waals surface area contributed by atoms with E-state index in [0.29, 0.717) is 0 Å². The zero-order valence-corrected chi connectivity index (χ0v) is 14.1. The fourth-order valence-electron chi connectivity index (χ4n) is 4.09.